The van der Waals surface area contributed by atoms with Gasteiger partial charge in [-0.3, -0.25) is 4.79 Å². The molecular weight excluding hydrogens is 310 g/mol. The van der Waals surface area contributed by atoms with Gasteiger partial charge in [0.05, 0.1) is 6.26 Å². The van der Waals surface area contributed by atoms with Crippen LogP contribution in [0, 0.1) is 0 Å². The number of aromatic nitrogens is 1. The van der Waals surface area contributed by atoms with Gasteiger partial charge in [-0.15, -0.1) is 11.3 Å². The molecule has 2 aliphatic heterocycles. The van der Waals surface area contributed by atoms with E-state index >= 15 is 0 Å². The van der Waals surface area contributed by atoms with Gasteiger partial charge in [0.2, 0.25) is 0 Å². The lowest BCUT2D eigenvalue weighted by Gasteiger charge is -2.32. The third-order valence-corrected chi connectivity index (χ3v) is 5.89. The lowest BCUT2D eigenvalue weighted by atomic mass is 10.0. The lowest BCUT2D eigenvalue weighted by molar-refractivity contribution is 0.0659. The molecule has 2 fully saturated rings. The van der Waals surface area contributed by atoms with Crippen molar-refractivity contribution in [3.05, 3.63) is 29.5 Å². The Hall–Kier alpha value is -1.66. The first kappa shape index (κ1) is 14.9. The standard InChI is InChI=1S/C17H21N3O2S/c1-19-8-2-5-13(19)14-6-3-9-20(14)17(21)12-11-23-16(18-12)15-7-4-10-22-15/h4,7,10-11,13-14H,2-3,5-6,8-9H2,1H3/t13-,14+/m0/s1. The minimum Gasteiger partial charge on any atom is -0.462 e. The van der Waals surface area contributed by atoms with E-state index in [0.29, 0.717) is 17.8 Å². The lowest BCUT2D eigenvalue weighted by Crippen LogP contribution is -2.47. The van der Waals surface area contributed by atoms with Crippen molar-refractivity contribution >= 4 is 17.2 Å². The Morgan fingerprint density at radius 3 is 2.87 bits per heavy atom. The molecule has 5 nitrogen and oxygen atoms in total. The first-order valence-electron chi connectivity index (χ1n) is 8.24. The molecule has 0 spiro atoms. The van der Waals surface area contributed by atoms with Gasteiger partial charge in [0.25, 0.3) is 5.91 Å². The number of thiazole rings is 1. The van der Waals surface area contributed by atoms with E-state index in [0.717, 1.165) is 36.7 Å². The molecule has 0 unspecified atom stereocenters. The summed E-state index contributed by atoms with van der Waals surface area (Å²) in [6, 6.07) is 4.55. The molecule has 2 atom stereocenters. The molecule has 0 saturated carbocycles. The number of likely N-dealkylation sites (tertiary alicyclic amines) is 2. The number of amides is 1. The Balaban J connectivity index is 1.54. The third-order valence-electron chi connectivity index (χ3n) is 5.04. The van der Waals surface area contributed by atoms with Crippen LogP contribution < -0.4 is 0 Å². The molecule has 1 amide bonds. The van der Waals surface area contributed by atoms with Crippen molar-refractivity contribution in [2.24, 2.45) is 0 Å². The predicted molar refractivity (Wildman–Crippen MR) is 89.5 cm³/mol. The number of hydrogen-bond donors (Lipinski definition) is 0. The molecular formula is C17H21N3O2S. The Bertz CT molecular complexity index is 682. The van der Waals surface area contributed by atoms with Crippen molar-refractivity contribution in [1.82, 2.24) is 14.8 Å². The SMILES string of the molecule is CN1CCC[C@H]1[C@H]1CCCN1C(=O)c1csc(-c2ccco2)n1. The average Bonchev–Trinajstić information content (AvgIpc) is 3.31. The Morgan fingerprint density at radius 1 is 1.30 bits per heavy atom. The maximum Gasteiger partial charge on any atom is 0.273 e. The van der Waals surface area contributed by atoms with E-state index in [1.165, 1.54) is 24.2 Å². The van der Waals surface area contributed by atoms with Crippen molar-refractivity contribution in [3.8, 4) is 10.8 Å². The fourth-order valence-corrected chi connectivity index (χ4v) is 4.66. The second kappa shape index (κ2) is 6.09. The fourth-order valence-electron chi connectivity index (χ4n) is 3.90. The van der Waals surface area contributed by atoms with Gasteiger partial charge in [0.15, 0.2) is 10.8 Å². The highest BCUT2D eigenvalue weighted by atomic mass is 32.1. The highest BCUT2D eigenvalue weighted by molar-refractivity contribution is 7.13. The molecule has 2 aromatic rings. The van der Waals surface area contributed by atoms with Gasteiger partial charge in [-0.25, -0.2) is 4.98 Å². The highest BCUT2D eigenvalue weighted by Gasteiger charge is 2.39. The smallest absolute Gasteiger partial charge is 0.273 e. The number of nitrogens with zero attached hydrogens (tertiary/aromatic N) is 3. The monoisotopic (exact) mass is 331 g/mol. The number of carbonyl (C=O) groups excluding carboxylic acids is 1. The van der Waals surface area contributed by atoms with Crippen molar-refractivity contribution in [3.63, 3.8) is 0 Å². The van der Waals surface area contributed by atoms with Crippen LogP contribution in [0.1, 0.15) is 36.2 Å². The summed E-state index contributed by atoms with van der Waals surface area (Å²) in [6.07, 6.45) is 6.26. The van der Waals surface area contributed by atoms with Crippen LogP contribution in [0.15, 0.2) is 28.2 Å². The zero-order valence-electron chi connectivity index (χ0n) is 13.3. The van der Waals surface area contributed by atoms with Crippen LogP contribution in [-0.2, 0) is 0 Å². The summed E-state index contributed by atoms with van der Waals surface area (Å²) in [7, 11) is 2.18. The van der Waals surface area contributed by atoms with Crippen LogP contribution >= 0.6 is 11.3 Å². The molecule has 0 N–H and O–H groups in total. The number of furan rings is 1. The zero-order chi connectivity index (χ0) is 15.8. The summed E-state index contributed by atoms with van der Waals surface area (Å²) in [5.41, 5.74) is 0.550. The zero-order valence-corrected chi connectivity index (χ0v) is 14.1. The Kier molecular flexibility index (Phi) is 3.95. The maximum atomic E-state index is 12.9. The molecule has 4 rings (SSSR count). The van der Waals surface area contributed by atoms with E-state index in [2.05, 4.69) is 16.9 Å². The quantitative estimate of drug-likeness (QED) is 0.867. The van der Waals surface area contributed by atoms with Gasteiger partial charge in [-0.1, -0.05) is 0 Å². The fraction of sp³-hybridized carbons (Fsp3) is 0.529. The molecule has 2 aliphatic rings. The van der Waals surface area contributed by atoms with Crippen LogP contribution in [0.4, 0.5) is 0 Å². The molecule has 6 heteroatoms. The van der Waals surface area contributed by atoms with E-state index in [1.807, 2.05) is 22.4 Å². The number of likely N-dealkylation sites (N-methyl/N-ethyl adjacent to an activating group) is 1. The van der Waals surface area contributed by atoms with E-state index in [9.17, 15) is 4.79 Å². The van der Waals surface area contributed by atoms with Crippen LogP contribution in [-0.4, -0.2) is 52.9 Å². The van der Waals surface area contributed by atoms with E-state index in [1.54, 1.807) is 6.26 Å². The normalized spacial score (nSPS) is 25.3. The summed E-state index contributed by atoms with van der Waals surface area (Å²) in [5.74, 6) is 0.796. The van der Waals surface area contributed by atoms with Gasteiger partial charge >= 0.3 is 0 Å². The van der Waals surface area contributed by atoms with E-state index < -0.39 is 0 Å². The summed E-state index contributed by atoms with van der Waals surface area (Å²) in [5, 5.41) is 2.63. The van der Waals surface area contributed by atoms with Crippen molar-refractivity contribution in [2.45, 2.75) is 37.8 Å². The van der Waals surface area contributed by atoms with E-state index in [-0.39, 0.29) is 5.91 Å². The molecule has 2 saturated heterocycles. The number of carbonyl (C=O) groups is 1. The molecule has 122 valence electrons. The predicted octanol–water partition coefficient (Wildman–Crippen LogP) is 3.10. The summed E-state index contributed by atoms with van der Waals surface area (Å²) >= 11 is 1.47. The Labute approximate surface area is 139 Å². The van der Waals surface area contributed by atoms with Crippen molar-refractivity contribution < 1.29 is 9.21 Å². The highest BCUT2D eigenvalue weighted by Crippen LogP contribution is 2.31. The van der Waals surface area contributed by atoms with Crippen LogP contribution in [0.2, 0.25) is 0 Å². The number of hydrogen-bond acceptors (Lipinski definition) is 5. The molecule has 0 radical (unpaired) electrons. The molecule has 0 bridgehead atoms. The minimum absolute atomic E-state index is 0.0712. The van der Waals surface area contributed by atoms with Gasteiger partial charge in [-0.05, 0) is 51.4 Å². The summed E-state index contributed by atoms with van der Waals surface area (Å²) in [4.78, 5) is 21.9. The largest absolute Gasteiger partial charge is 0.462 e. The van der Waals surface area contributed by atoms with E-state index in [4.69, 9.17) is 4.42 Å². The maximum absolute atomic E-state index is 12.9. The van der Waals surface area contributed by atoms with Crippen molar-refractivity contribution in [1.29, 1.82) is 0 Å². The first-order chi connectivity index (χ1) is 11.2. The first-order valence-corrected chi connectivity index (χ1v) is 9.12. The minimum atomic E-state index is 0.0712. The Morgan fingerprint density at radius 2 is 2.13 bits per heavy atom. The second-order valence-electron chi connectivity index (χ2n) is 6.41. The molecule has 23 heavy (non-hydrogen) atoms. The molecule has 0 aromatic carbocycles. The van der Waals surface area contributed by atoms with Gasteiger partial charge < -0.3 is 14.2 Å². The van der Waals surface area contributed by atoms with Crippen LogP contribution in [0.25, 0.3) is 10.8 Å². The van der Waals surface area contributed by atoms with Gasteiger partial charge in [0.1, 0.15) is 5.69 Å². The van der Waals surface area contributed by atoms with Gasteiger partial charge in [0, 0.05) is 24.0 Å². The average molecular weight is 331 g/mol. The summed E-state index contributed by atoms with van der Waals surface area (Å²) in [6.45, 7) is 1.99. The third kappa shape index (κ3) is 2.70. The topological polar surface area (TPSA) is 49.6 Å². The van der Waals surface area contributed by atoms with Crippen molar-refractivity contribution in [2.75, 3.05) is 20.1 Å². The molecule has 2 aromatic heterocycles. The van der Waals surface area contributed by atoms with Crippen LogP contribution in [0.3, 0.4) is 0 Å². The van der Waals surface area contributed by atoms with Gasteiger partial charge in [-0.2, -0.15) is 0 Å². The molecule has 4 heterocycles. The summed E-state index contributed by atoms with van der Waals surface area (Å²) < 4.78 is 5.37. The van der Waals surface area contributed by atoms with Crippen LogP contribution in [0.5, 0.6) is 0 Å². The number of rotatable bonds is 3. The second-order valence-corrected chi connectivity index (χ2v) is 7.27. The molecule has 0 aliphatic carbocycles.